The minimum Gasteiger partial charge on any atom is -0.378 e. The Hall–Kier alpha value is -2.22. The second kappa shape index (κ2) is 5.77. The van der Waals surface area contributed by atoms with Crippen LogP contribution in [0, 0.1) is 11.3 Å². The molecule has 0 fully saturated rings. The summed E-state index contributed by atoms with van der Waals surface area (Å²) in [5.74, 6) is -0.271. The average molecular weight is 346 g/mol. The van der Waals surface area contributed by atoms with Gasteiger partial charge in [0, 0.05) is 46.6 Å². The molecule has 4 nitrogen and oxygen atoms in total. The van der Waals surface area contributed by atoms with E-state index in [0.29, 0.717) is 26.9 Å². The zero-order chi connectivity index (χ0) is 16.7. The Kier molecular flexibility index (Phi) is 3.93. The first-order valence-electron chi connectivity index (χ1n) is 6.93. The van der Waals surface area contributed by atoms with E-state index in [1.807, 2.05) is 37.2 Å². The van der Waals surface area contributed by atoms with Crippen molar-refractivity contribution in [3.8, 4) is 6.07 Å². The molecule has 0 spiro atoms. The minimum absolute atomic E-state index is 0.271. The van der Waals surface area contributed by atoms with Crippen LogP contribution in [0.2, 0.25) is 10.0 Å². The Bertz CT molecular complexity index is 842. The first kappa shape index (κ1) is 15.7. The van der Waals surface area contributed by atoms with Gasteiger partial charge in [-0.15, -0.1) is 0 Å². The van der Waals surface area contributed by atoms with Crippen LogP contribution >= 0.6 is 23.2 Å². The van der Waals surface area contributed by atoms with Gasteiger partial charge in [-0.1, -0.05) is 29.3 Å². The predicted molar refractivity (Wildman–Crippen MR) is 92.4 cm³/mol. The quantitative estimate of drug-likeness (QED) is 0.815. The summed E-state index contributed by atoms with van der Waals surface area (Å²) >= 11 is 12.2. The van der Waals surface area contributed by atoms with E-state index in [0.717, 1.165) is 5.69 Å². The molecule has 0 saturated heterocycles. The number of nitriles is 1. The molecule has 1 amide bonds. The highest BCUT2D eigenvalue weighted by Crippen LogP contribution is 2.42. The number of anilines is 2. The summed E-state index contributed by atoms with van der Waals surface area (Å²) in [6.07, 6.45) is 0. The second-order valence-corrected chi connectivity index (χ2v) is 6.31. The van der Waals surface area contributed by atoms with Gasteiger partial charge in [0.15, 0.2) is 6.04 Å². The Labute approximate surface area is 144 Å². The van der Waals surface area contributed by atoms with Crippen molar-refractivity contribution in [3.05, 3.63) is 57.6 Å². The Morgan fingerprint density at radius 3 is 2.61 bits per heavy atom. The molecule has 0 radical (unpaired) electrons. The fraction of sp³-hybridized carbons (Fsp3) is 0.176. The molecule has 3 rings (SSSR count). The van der Waals surface area contributed by atoms with Crippen molar-refractivity contribution in [3.63, 3.8) is 0 Å². The number of halogens is 2. The average Bonchev–Trinajstić information content (AvgIpc) is 2.80. The predicted octanol–water partition coefficient (Wildman–Crippen LogP) is 4.28. The van der Waals surface area contributed by atoms with E-state index in [2.05, 4.69) is 6.07 Å². The number of amides is 1. The Morgan fingerprint density at radius 1 is 1.22 bits per heavy atom. The topological polar surface area (TPSA) is 47.3 Å². The molecular formula is C17H13Cl2N3O. The summed E-state index contributed by atoms with van der Waals surface area (Å²) in [6.45, 7) is 0. The molecule has 1 atom stereocenters. The molecule has 6 heteroatoms. The van der Waals surface area contributed by atoms with Crippen molar-refractivity contribution < 1.29 is 4.79 Å². The number of hydrogen-bond donors (Lipinski definition) is 0. The smallest absolute Gasteiger partial charge is 0.260 e. The first-order chi connectivity index (χ1) is 10.9. The van der Waals surface area contributed by atoms with E-state index >= 15 is 0 Å². The molecule has 2 aromatic rings. The highest BCUT2D eigenvalue weighted by molar-refractivity contribution is 6.36. The van der Waals surface area contributed by atoms with Crippen LogP contribution in [-0.4, -0.2) is 20.0 Å². The number of nitrogens with zero attached hydrogens (tertiary/aromatic N) is 3. The van der Waals surface area contributed by atoms with Crippen LogP contribution < -0.4 is 9.80 Å². The third-order valence-electron chi connectivity index (χ3n) is 3.82. The van der Waals surface area contributed by atoms with E-state index in [4.69, 9.17) is 23.2 Å². The van der Waals surface area contributed by atoms with Crippen LogP contribution in [0.15, 0.2) is 36.4 Å². The third kappa shape index (κ3) is 2.52. The molecule has 2 aromatic carbocycles. The van der Waals surface area contributed by atoms with Gasteiger partial charge in [-0.25, -0.2) is 0 Å². The molecule has 0 aliphatic carbocycles. The van der Waals surface area contributed by atoms with Crippen LogP contribution in [0.5, 0.6) is 0 Å². The summed E-state index contributed by atoms with van der Waals surface area (Å²) in [4.78, 5) is 16.2. The highest BCUT2D eigenvalue weighted by atomic mass is 35.5. The summed E-state index contributed by atoms with van der Waals surface area (Å²) < 4.78 is 0. The maximum Gasteiger partial charge on any atom is 0.260 e. The lowest BCUT2D eigenvalue weighted by Gasteiger charge is -2.22. The highest BCUT2D eigenvalue weighted by Gasteiger charge is 2.40. The molecule has 1 unspecified atom stereocenters. The van der Waals surface area contributed by atoms with Gasteiger partial charge in [0.25, 0.3) is 5.91 Å². The van der Waals surface area contributed by atoms with Gasteiger partial charge in [0.2, 0.25) is 0 Å². The van der Waals surface area contributed by atoms with E-state index in [1.165, 1.54) is 4.90 Å². The van der Waals surface area contributed by atoms with Gasteiger partial charge in [-0.3, -0.25) is 9.69 Å². The molecule has 0 N–H and O–H groups in total. The van der Waals surface area contributed by atoms with E-state index in [9.17, 15) is 10.1 Å². The maximum atomic E-state index is 12.8. The van der Waals surface area contributed by atoms with Gasteiger partial charge >= 0.3 is 0 Å². The number of carbonyl (C=O) groups excluding carboxylic acids is 1. The number of fused-ring (bicyclic) bond motifs is 1. The fourth-order valence-electron chi connectivity index (χ4n) is 2.73. The molecule has 1 heterocycles. The monoisotopic (exact) mass is 345 g/mol. The second-order valence-electron chi connectivity index (χ2n) is 5.47. The van der Waals surface area contributed by atoms with Crippen LogP contribution in [0.1, 0.15) is 22.0 Å². The SMILES string of the molecule is CN(C)c1cccc(N2C(=O)c3cc(Cl)cc(Cl)c3C2C#N)c1. The normalized spacial score (nSPS) is 16.2. The molecule has 0 aromatic heterocycles. The molecule has 0 bridgehead atoms. The van der Waals surface area contributed by atoms with Gasteiger partial charge in [0.05, 0.1) is 6.07 Å². The van der Waals surface area contributed by atoms with E-state index in [1.54, 1.807) is 18.2 Å². The van der Waals surface area contributed by atoms with Gasteiger partial charge in [0.1, 0.15) is 0 Å². The van der Waals surface area contributed by atoms with Crippen molar-refractivity contribution >= 4 is 40.5 Å². The third-order valence-corrected chi connectivity index (χ3v) is 4.35. The molecule has 0 saturated carbocycles. The summed E-state index contributed by atoms with van der Waals surface area (Å²) in [6, 6.07) is 12.0. The van der Waals surface area contributed by atoms with Crippen LogP contribution in [0.25, 0.3) is 0 Å². The van der Waals surface area contributed by atoms with Crippen LogP contribution in [0.3, 0.4) is 0 Å². The summed E-state index contributed by atoms with van der Waals surface area (Å²) in [7, 11) is 3.83. The summed E-state index contributed by atoms with van der Waals surface area (Å²) in [5.41, 5.74) is 2.48. The van der Waals surface area contributed by atoms with Crippen molar-refractivity contribution in [1.29, 1.82) is 5.26 Å². The summed E-state index contributed by atoms with van der Waals surface area (Å²) in [5, 5.41) is 10.3. The lowest BCUT2D eigenvalue weighted by Crippen LogP contribution is -2.27. The van der Waals surface area contributed by atoms with Crippen LogP contribution in [0.4, 0.5) is 11.4 Å². The Balaban J connectivity index is 2.15. The molecular weight excluding hydrogens is 333 g/mol. The van der Waals surface area contributed by atoms with Crippen molar-refractivity contribution in [2.45, 2.75) is 6.04 Å². The number of hydrogen-bond acceptors (Lipinski definition) is 3. The number of rotatable bonds is 2. The van der Waals surface area contributed by atoms with Gasteiger partial charge in [-0.05, 0) is 30.3 Å². The largest absolute Gasteiger partial charge is 0.378 e. The number of carbonyl (C=O) groups is 1. The molecule has 1 aliphatic heterocycles. The zero-order valence-corrected chi connectivity index (χ0v) is 14.1. The standard InChI is InChI=1S/C17H13Cl2N3O/c1-21(2)11-4-3-5-12(8-11)22-15(9-20)16-13(17(22)23)6-10(18)7-14(16)19/h3-8,15H,1-2H3. The number of benzene rings is 2. The zero-order valence-electron chi connectivity index (χ0n) is 12.5. The van der Waals surface area contributed by atoms with E-state index in [-0.39, 0.29) is 5.91 Å². The van der Waals surface area contributed by atoms with Gasteiger partial charge in [-0.2, -0.15) is 5.26 Å². The molecule has 116 valence electrons. The fourth-order valence-corrected chi connectivity index (χ4v) is 3.32. The van der Waals surface area contributed by atoms with E-state index < -0.39 is 6.04 Å². The lowest BCUT2D eigenvalue weighted by atomic mass is 10.1. The first-order valence-corrected chi connectivity index (χ1v) is 7.69. The van der Waals surface area contributed by atoms with Crippen molar-refractivity contribution in [2.75, 3.05) is 23.9 Å². The lowest BCUT2D eigenvalue weighted by molar-refractivity contribution is 0.0994. The van der Waals surface area contributed by atoms with Crippen molar-refractivity contribution in [2.24, 2.45) is 0 Å². The maximum absolute atomic E-state index is 12.8. The van der Waals surface area contributed by atoms with Crippen molar-refractivity contribution in [1.82, 2.24) is 0 Å². The van der Waals surface area contributed by atoms with Crippen LogP contribution in [-0.2, 0) is 0 Å². The molecule has 23 heavy (non-hydrogen) atoms. The minimum atomic E-state index is -0.764. The molecule has 1 aliphatic rings. The van der Waals surface area contributed by atoms with Gasteiger partial charge < -0.3 is 4.90 Å². The Morgan fingerprint density at radius 2 is 1.96 bits per heavy atom.